The Morgan fingerprint density at radius 1 is 1.23 bits per heavy atom. The molecule has 1 saturated heterocycles. The number of anilines is 1. The van der Waals surface area contributed by atoms with Gasteiger partial charge in [-0.1, -0.05) is 35.1 Å². The van der Waals surface area contributed by atoms with E-state index < -0.39 is 0 Å². The van der Waals surface area contributed by atoms with Gasteiger partial charge in [0.2, 0.25) is 0 Å². The Kier molecular flexibility index (Phi) is 7.41. The van der Waals surface area contributed by atoms with Crippen LogP contribution in [-0.2, 0) is 4.74 Å². The van der Waals surface area contributed by atoms with Crippen LogP contribution in [0, 0.1) is 19.7 Å². The zero-order valence-corrected chi connectivity index (χ0v) is 18.7. The molecule has 4 rings (SSSR count). The van der Waals surface area contributed by atoms with E-state index in [-0.39, 0.29) is 24.1 Å². The van der Waals surface area contributed by atoms with Gasteiger partial charge in [-0.3, -0.25) is 14.6 Å². The Balaban J connectivity index is 0.00000256. The largest absolute Gasteiger partial charge is 0.379 e. The molecule has 160 valence electrons. The predicted molar refractivity (Wildman–Crippen MR) is 122 cm³/mol. The number of aromatic nitrogens is 1. The van der Waals surface area contributed by atoms with Crippen molar-refractivity contribution in [3.8, 4) is 0 Å². The average molecular weight is 450 g/mol. The number of halogens is 2. The van der Waals surface area contributed by atoms with E-state index >= 15 is 0 Å². The van der Waals surface area contributed by atoms with Crippen molar-refractivity contribution in [1.29, 1.82) is 0 Å². The third kappa shape index (κ3) is 4.81. The number of nitrogens with zero attached hydrogens (tertiary/aromatic N) is 3. The highest BCUT2D eigenvalue weighted by molar-refractivity contribution is 7.22. The van der Waals surface area contributed by atoms with Gasteiger partial charge in [0, 0.05) is 31.7 Å². The van der Waals surface area contributed by atoms with E-state index in [4.69, 9.17) is 4.74 Å². The van der Waals surface area contributed by atoms with Crippen LogP contribution in [0.2, 0.25) is 0 Å². The van der Waals surface area contributed by atoms with Crippen LogP contribution >= 0.6 is 23.7 Å². The van der Waals surface area contributed by atoms with Gasteiger partial charge in [0.15, 0.2) is 5.13 Å². The molecule has 2 heterocycles. The molecule has 0 aliphatic carbocycles. The normalized spacial score (nSPS) is 14.5. The van der Waals surface area contributed by atoms with Gasteiger partial charge in [-0.15, -0.1) is 12.4 Å². The van der Waals surface area contributed by atoms with Gasteiger partial charge in [-0.05, 0) is 37.6 Å². The van der Waals surface area contributed by atoms with Gasteiger partial charge in [0.25, 0.3) is 5.91 Å². The number of carbonyl (C=O) groups excluding carboxylic acids is 1. The fraction of sp³-hybridized carbons (Fsp3) is 0.364. The molecular formula is C22H25ClFN3O2S. The van der Waals surface area contributed by atoms with Crippen LogP contribution in [0.1, 0.15) is 21.5 Å². The van der Waals surface area contributed by atoms with E-state index in [0.717, 1.165) is 35.5 Å². The molecule has 0 saturated carbocycles. The first kappa shape index (κ1) is 22.6. The van der Waals surface area contributed by atoms with E-state index in [0.29, 0.717) is 36.0 Å². The van der Waals surface area contributed by atoms with Crippen LogP contribution in [0.4, 0.5) is 9.52 Å². The Morgan fingerprint density at radius 2 is 2.00 bits per heavy atom. The maximum Gasteiger partial charge on any atom is 0.260 e. The van der Waals surface area contributed by atoms with Crippen LogP contribution < -0.4 is 4.90 Å². The number of thiazole rings is 1. The molecule has 5 nitrogen and oxygen atoms in total. The summed E-state index contributed by atoms with van der Waals surface area (Å²) in [5.41, 5.74) is 3.01. The molecule has 1 aliphatic rings. The fourth-order valence-electron chi connectivity index (χ4n) is 3.57. The van der Waals surface area contributed by atoms with Crippen molar-refractivity contribution in [3.05, 3.63) is 58.9 Å². The number of aryl methyl sites for hydroxylation is 2. The lowest BCUT2D eigenvalue weighted by Crippen LogP contribution is -2.43. The Bertz CT molecular complexity index is 1040. The highest BCUT2D eigenvalue weighted by Crippen LogP contribution is 2.31. The number of amides is 1. The quantitative estimate of drug-likeness (QED) is 0.577. The number of morpholine rings is 1. The first-order valence-electron chi connectivity index (χ1n) is 9.77. The van der Waals surface area contributed by atoms with Gasteiger partial charge in [0.05, 0.1) is 17.9 Å². The molecule has 30 heavy (non-hydrogen) atoms. The smallest absolute Gasteiger partial charge is 0.260 e. The number of hydrogen-bond acceptors (Lipinski definition) is 5. The summed E-state index contributed by atoms with van der Waals surface area (Å²) in [7, 11) is 0. The molecule has 0 atom stereocenters. The van der Waals surface area contributed by atoms with Crippen molar-refractivity contribution in [2.45, 2.75) is 13.8 Å². The fourth-order valence-corrected chi connectivity index (χ4v) is 4.57. The minimum Gasteiger partial charge on any atom is -0.379 e. The molecule has 3 aromatic rings. The number of ether oxygens (including phenoxy) is 1. The van der Waals surface area contributed by atoms with E-state index in [1.54, 1.807) is 11.0 Å². The van der Waals surface area contributed by atoms with Gasteiger partial charge in [0.1, 0.15) is 11.3 Å². The van der Waals surface area contributed by atoms with Crippen LogP contribution in [-0.4, -0.2) is 55.2 Å². The minimum absolute atomic E-state index is 0. The topological polar surface area (TPSA) is 45.7 Å². The molecule has 0 bridgehead atoms. The molecule has 0 N–H and O–H groups in total. The highest BCUT2D eigenvalue weighted by Gasteiger charge is 2.24. The van der Waals surface area contributed by atoms with Crippen LogP contribution in [0.3, 0.4) is 0 Å². The molecule has 0 unspecified atom stereocenters. The van der Waals surface area contributed by atoms with Gasteiger partial charge < -0.3 is 4.74 Å². The summed E-state index contributed by atoms with van der Waals surface area (Å²) >= 11 is 1.35. The van der Waals surface area contributed by atoms with Gasteiger partial charge >= 0.3 is 0 Å². The third-order valence-corrected chi connectivity index (χ3v) is 6.23. The number of carbonyl (C=O) groups is 1. The van der Waals surface area contributed by atoms with E-state index in [1.807, 2.05) is 38.1 Å². The van der Waals surface area contributed by atoms with Crippen molar-refractivity contribution in [2.24, 2.45) is 0 Å². The molecule has 1 aliphatic heterocycles. The number of fused-ring (bicyclic) bond motifs is 1. The van der Waals surface area contributed by atoms with Gasteiger partial charge in [-0.25, -0.2) is 9.37 Å². The minimum atomic E-state index is -0.364. The maximum absolute atomic E-state index is 14.2. The standard InChI is InChI=1S/C22H24FN3O2S.ClH/c1-15-6-7-17(16(2)14-15)21(27)26(9-8-25-10-12-28-13-11-25)22-24-20-18(23)4-3-5-19(20)29-22;/h3-7,14H,8-13H2,1-2H3;1H. The number of para-hydroxylation sites is 1. The SMILES string of the molecule is Cc1ccc(C(=O)N(CCN2CCOCC2)c2nc3c(F)cccc3s2)c(C)c1.Cl. The van der Waals surface area contributed by atoms with Gasteiger partial charge in [-0.2, -0.15) is 0 Å². The maximum atomic E-state index is 14.2. The number of hydrogen-bond donors (Lipinski definition) is 0. The van der Waals surface area contributed by atoms with Crippen LogP contribution in [0.15, 0.2) is 36.4 Å². The lowest BCUT2D eigenvalue weighted by atomic mass is 10.0. The van der Waals surface area contributed by atoms with E-state index in [9.17, 15) is 9.18 Å². The lowest BCUT2D eigenvalue weighted by Gasteiger charge is -2.29. The van der Waals surface area contributed by atoms with Crippen molar-refractivity contribution < 1.29 is 13.9 Å². The second-order valence-corrected chi connectivity index (χ2v) is 8.32. The Hall–Kier alpha value is -2.06. The summed E-state index contributed by atoms with van der Waals surface area (Å²) in [5, 5.41) is 0.531. The Morgan fingerprint density at radius 3 is 2.70 bits per heavy atom. The summed E-state index contributed by atoms with van der Waals surface area (Å²) in [6, 6.07) is 10.7. The molecular weight excluding hydrogens is 425 g/mol. The molecule has 8 heteroatoms. The number of rotatable bonds is 5. The second-order valence-electron chi connectivity index (χ2n) is 7.31. The zero-order chi connectivity index (χ0) is 20.4. The summed E-state index contributed by atoms with van der Waals surface area (Å²) in [6.07, 6.45) is 0. The van der Waals surface area contributed by atoms with Crippen molar-refractivity contribution in [1.82, 2.24) is 9.88 Å². The lowest BCUT2D eigenvalue weighted by molar-refractivity contribution is 0.0391. The summed E-state index contributed by atoms with van der Waals surface area (Å²) in [5.74, 6) is -0.465. The number of benzene rings is 2. The first-order chi connectivity index (χ1) is 14.0. The Labute approximate surface area is 185 Å². The summed E-state index contributed by atoms with van der Waals surface area (Å²) in [6.45, 7) is 8.27. The molecule has 1 fully saturated rings. The molecule has 0 radical (unpaired) electrons. The van der Waals surface area contributed by atoms with Crippen molar-refractivity contribution in [3.63, 3.8) is 0 Å². The monoisotopic (exact) mass is 449 g/mol. The van der Waals surface area contributed by atoms with Crippen molar-refractivity contribution >= 4 is 45.0 Å². The van der Waals surface area contributed by atoms with E-state index in [1.165, 1.54) is 17.4 Å². The molecule has 2 aromatic carbocycles. The molecule has 1 amide bonds. The summed E-state index contributed by atoms with van der Waals surface area (Å²) in [4.78, 5) is 21.9. The van der Waals surface area contributed by atoms with Crippen LogP contribution in [0.5, 0.6) is 0 Å². The predicted octanol–water partition coefficient (Wildman–Crippen LogP) is 4.45. The first-order valence-corrected chi connectivity index (χ1v) is 10.6. The van der Waals surface area contributed by atoms with Crippen LogP contribution in [0.25, 0.3) is 10.2 Å². The molecule has 1 aromatic heterocycles. The highest BCUT2D eigenvalue weighted by atomic mass is 35.5. The third-order valence-electron chi connectivity index (χ3n) is 5.19. The average Bonchev–Trinajstić information content (AvgIpc) is 3.14. The van der Waals surface area contributed by atoms with E-state index in [2.05, 4.69) is 9.88 Å². The zero-order valence-electron chi connectivity index (χ0n) is 17.1. The van der Waals surface area contributed by atoms with Crippen molar-refractivity contribution in [2.75, 3.05) is 44.3 Å². The second kappa shape index (κ2) is 9.83. The molecule has 0 spiro atoms. The summed E-state index contributed by atoms with van der Waals surface area (Å²) < 4.78 is 20.3.